The normalized spacial score (nSPS) is 10.3. The number of hydrogen-bond acceptors (Lipinski definition) is 3. The maximum atomic E-state index is 11.8. The van der Waals surface area contributed by atoms with E-state index >= 15 is 0 Å². The maximum Gasteiger partial charge on any atom is 0.251 e. The van der Waals surface area contributed by atoms with Gasteiger partial charge in [-0.1, -0.05) is 29.8 Å². The van der Waals surface area contributed by atoms with Gasteiger partial charge >= 0.3 is 0 Å². The molecule has 2 rings (SSSR count). The number of phenols is 1. The van der Waals surface area contributed by atoms with Gasteiger partial charge in [-0.2, -0.15) is 0 Å². The Morgan fingerprint density at radius 1 is 1.19 bits per heavy atom. The molecule has 0 radical (unpaired) electrons. The van der Waals surface area contributed by atoms with Crippen molar-refractivity contribution >= 4 is 17.5 Å². The molecule has 110 valence electrons. The lowest BCUT2D eigenvalue weighted by Gasteiger charge is -2.07. The summed E-state index contributed by atoms with van der Waals surface area (Å²) in [4.78, 5) is 11.8. The predicted molar refractivity (Wildman–Crippen MR) is 81.5 cm³/mol. The van der Waals surface area contributed by atoms with Crippen LogP contribution in [0.2, 0.25) is 5.02 Å². The van der Waals surface area contributed by atoms with Crippen LogP contribution in [0.25, 0.3) is 0 Å². The van der Waals surface area contributed by atoms with Crippen molar-refractivity contribution in [3.05, 3.63) is 64.7 Å². The summed E-state index contributed by atoms with van der Waals surface area (Å²) in [7, 11) is 0. The van der Waals surface area contributed by atoms with Gasteiger partial charge in [0.1, 0.15) is 5.75 Å². The first kappa shape index (κ1) is 15.4. The van der Waals surface area contributed by atoms with Gasteiger partial charge in [0, 0.05) is 17.1 Å². The van der Waals surface area contributed by atoms with Crippen molar-refractivity contribution in [3.8, 4) is 5.75 Å². The van der Waals surface area contributed by atoms with E-state index in [0.29, 0.717) is 30.3 Å². The van der Waals surface area contributed by atoms with Crippen LogP contribution in [0, 0.1) is 0 Å². The lowest BCUT2D eigenvalue weighted by molar-refractivity contribution is 0.0900. The Balaban J connectivity index is 1.69. The third kappa shape index (κ3) is 5.10. The van der Waals surface area contributed by atoms with E-state index < -0.39 is 0 Å². The second-order valence-electron chi connectivity index (χ2n) is 4.49. The van der Waals surface area contributed by atoms with Crippen molar-refractivity contribution in [2.24, 2.45) is 0 Å². The van der Waals surface area contributed by atoms with Crippen LogP contribution < -0.4 is 5.32 Å². The summed E-state index contributed by atoms with van der Waals surface area (Å²) < 4.78 is 5.46. The molecule has 21 heavy (non-hydrogen) atoms. The summed E-state index contributed by atoms with van der Waals surface area (Å²) in [6, 6.07) is 13.6. The van der Waals surface area contributed by atoms with Gasteiger partial charge < -0.3 is 15.2 Å². The smallest absolute Gasteiger partial charge is 0.251 e. The molecule has 0 fully saturated rings. The standard InChI is InChI=1S/C16H16ClNO3/c17-14-5-1-3-12(9-14)11-21-8-7-18-16(20)13-4-2-6-15(19)10-13/h1-6,9-10,19H,7-8,11H2,(H,18,20). The highest BCUT2D eigenvalue weighted by Gasteiger charge is 2.05. The molecule has 0 spiro atoms. The molecule has 0 unspecified atom stereocenters. The van der Waals surface area contributed by atoms with Crippen molar-refractivity contribution in [3.63, 3.8) is 0 Å². The molecule has 2 aromatic rings. The van der Waals surface area contributed by atoms with E-state index in [1.54, 1.807) is 18.2 Å². The molecule has 0 saturated heterocycles. The van der Waals surface area contributed by atoms with E-state index in [1.165, 1.54) is 12.1 Å². The van der Waals surface area contributed by atoms with Gasteiger partial charge in [-0.3, -0.25) is 4.79 Å². The molecule has 0 bridgehead atoms. The van der Waals surface area contributed by atoms with Crippen molar-refractivity contribution in [1.29, 1.82) is 0 Å². The van der Waals surface area contributed by atoms with Gasteiger partial charge in [0.15, 0.2) is 0 Å². The molecule has 0 atom stereocenters. The average Bonchev–Trinajstić information content (AvgIpc) is 2.47. The molecular formula is C16H16ClNO3. The fourth-order valence-corrected chi connectivity index (χ4v) is 2.02. The summed E-state index contributed by atoms with van der Waals surface area (Å²) in [5, 5.41) is 12.7. The number of hydrogen-bond donors (Lipinski definition) is 2. The van der Waals surface area contributed by atoms with Gasteiger partial charge in [0.25, 0.3) is 5.91 Å². The zero-order valence-electron chi connectivity index (χ0n) is 11.4. The minimum absolute atomic E-state index is 0.0693. The van der Waals surface area contributed by atoms with Crippen LogP contribution in [0.3, 0.4) is 0 Å². The van der Waals surface area contributed by atoms with Crippen molar-refractivity contribution in [2.75, 3.05) is 13.2 Å². The minimum atomic E-state index is -0.239. The number of carbonyl (C=O) groups is 1. The van der Waals surface area contributed by atoms with Crippen LogP contribution in [-0.4, -0.2) is 24.2 Å². The van der Waals surface area contributed by atoms with Crippen molar-refractivity contribution in [1.82, 2.24) is 5.32 Å². The quantitative estimate of drug-likeness (QED) is 0.807. The second-order valence-corrected chi connectivity index (χ2v) is 4.93. The second kappa shape index (κ2) is 7.67. The first-order chi connectivity index (χ1) is 10.1. The van der Waals surface area contributed by atoms with Crippen LogP contribution in [0.4, 0.5) is 0 Å². The molecule has 0 aliphatic heterocycles. The Bertz CT molecular complexity index is 616. The molecule has 5 heteroatoms. The average molecular weight is 306 g/mol. The molecule has 0 saturated carbocycles. The third-order valence-corrected chi connectivity index (χ3v) is 3.03. The van der Waals surface area contributed by atoms with E-state index in [9.17, 15) is 9.90 Å². The number of halogens is 1. The molecule has 2 N–H and O–H groups in total. The van der Waals surface area contributed by atoms with Crippen molar-refractivity contribution < 1.29 is 14.6 Å². The van der Waals surface area contributed by atoms with Crippen LogP contribution in [-0.2, 0) is 11.3 Å². The zero-order valence-corrected chi connectivity index (χ0v) is 12.1. The highest BCUT2D eigenvalue weighted by atomic mass is 35.5. The van der Waals surface area contributed by atoms with Gasteiger partial charge in [-0.15, -0.1) is 0 Å². The Hall–Kier alpha value is -2.04. The number of carbonyl (C=O) groups excluding carboxylic acids is 1. The number of benzene rings is 2. The van der Waals surface area contributed by atoms with Crippen molar-refractivity contribution in [2.45, 2.75) is 6.61 Å². The van der Waals surface area contributed by atoms with E-state index in [4.69, 9.17) is 16.3 Å². The fourth-order valence-electron chi connectivity index (χ4n) is 1.80. The Morgan fingerprint density at radius 3 is 2.76 bits per heavy atom. The molecular weight excluding hydrogens is 290 g/mol. The molecule has 0 aliphatic rings. The maximum absolute atomic E-state index is 11.8. The highest BCUT2D eigenvalue weighted by molar-refractivity contribution is 6.30. The van der Waals surface area contributed by atoms with E-state index in [1.807, 2.05) is 18.2 Å². The number of aromatic hydroxyl groups is 1. The number of amides is 1. The Kier molecular flexibility index (Phi) is 5.60. The monoisotopic (exact) mass is 305 g/mol. The topological polar surface area (TPSA) is 58.6 Å². The first-order valence-corrected chi connectivity index (χ1v) is 6.92. The summed E-state index contributed by atoms with van der Waals surface area (Å²) in [5.41, 5.74) is 1.41. The predicted octanol–water partition coefficient (Wildman–Crippen LogP) is 2.99. The van der Waals surface area contributed by atoms with Crippen LogP contribution in [0.1, 0.15) is 15.9 Å². The van der Waals surface area contributed by atoms with Gasteiger partial charge in [0.2, 0.25) is 0 Å². The van der Waals surface area contributed by atoms with Crippen LogP contribution in [0.15, 0.2) is 48.5 Å². The number of ether oxygens (including phenoxy) is 1. The Morgan fingerprint density at radius 2 is 2.00 bits per heavy atom. The largest absolute Gasteiger partial charge is 0.508 e. The number of phenolic OH excluding ortho intramolecular Hbond substituents is 1. The lowest BCUT2D eigenvalue weighted by atomic mass is 10.2. The third-order valence-electron chi connectivity index (χ3n) is 2.80. The molecule has 0 aromatic heterocycles. The number of rotatable bonds is 6. The molecule has 0 aliphatic carbocycles. The fraction of sp³-hybridized carbons (Fsp3) is 0.188. The lowest BCUT2D eigenvalue weighted by Crippen LogP contribution is -2.27. The highest BCUT2D eigenvalue weighted by Crippen LogP contribution is 2.11. The number of nitrogens with one attached hydrogen (secondary N) is 1. The summed E-state index contributed by atoms with van der Waals surface area (Å²) >= 11 is 5.87. The molecule has 2 aromatic carbocycles. The SMILES string of the molecule is O=C(NCCOCc1cccc(Cl)c1)c1cccc(O)c1. The molecule has 1 amide bonds. The summed E-state index contributed by atoms with van der Waals surface area (Å²) in [6.07, 6.45) is 0. The van der Waals surface area contributed by atoms with E-state index in [-0.39, 0.29) is 11.7 Å². The zero-order chi connectivity index (χ0) is 15.1. The molecule has 4 nitrogen and oxygen atoms in total. The summed E-state index contributed by atoms with van der Waals surface area (Å²) in [5.74, 6) is -0.169. The summed E-state index contributed by atoms with van der Waals surface area (Å²) in [6.45, 7) is 1.24. The van der Waals surface area contributed by atoms with E-state index in [2.05, 4.69) is 5.32 Å². The Labute approximate surface area is 128 Å². The molecule has 0 heterocycles. The van der Waals surface area contributed by atoms with Crippen LogP contribution in [0.5, 0.6) is 5.75 Å². The van der Waals surface area contributed by atoms with Gasteiger partial charge in [-0.25, -0.2) is 0 Å². The minimum Gasteiger partial charge on any atom is -0.508 e. The van der Waals surface area contributed by atoms with E-state index in [0.717, 1.165) is 5.56 Å². The van der Waals surface area contributed by atoms with Gasteiger partial charge in [-0.05, 0) is 35.9 Å². The first-order valence-electron chi connectivity index (χ1n) is 6.54. The van der Waals surface area contributed by atoms with Gasteiger partial charge in [0.05, 0.1) is 13.2 Å². The van der Waals surface area contributed by atoms with Crippen LogP contribution >= 0.6 is 11.6 Å².